The van der Waals surface area contributed by atoms with Crippen LogP contribution in [0.15, 0.2) is 30.3 Å². The molecule has 1 fully saturated rings. The van der Waals surface area contributed by atoms with Crippen LogP contribution in [-0.2, 0) is 11.2 Å². The molecule has 0 amide bonds. The lowest BCUT2D eigenvalue weighted by atomic mass is 10.0. The number of rotatable bonds is 7. The number of carboxylic acids is 1. The summed E-state index contributed by atoms with van der Waals surface area (Å²) in [6, 6.07) is 11.2. The summed E-state index contributed by atoms with van der Waals surface area (Å²) in [5.74, 6) is -0.685. The first kappa shape index (κ1) is 14.1. The van der Waals surface area contributed by atoms with E-state index in [0.29, 0.717) is 12.6 Å². The highest BCUT2D eigenvalue weighted by Gasteiger charge is 2.23. The van der Waals surface area contributed by atoms with Crippen molar-refractivity contribution in [2.24, 2.45) is 0 Å². The third kappa shape index (κ3) is 4.67. The number of hydrogen-bond donors (Lipinski definition) is 1. The van der Waals surface area contributed by atoms with Crippen LogP contribution >= 0.6 is 0 Å². The van der Waals surface area contributed by atoms with E-state index < -0.39 is 5.97 Å². The molecule has 3 heteroatoms. The van der Waals surface area contributed by atoms with Crippen molar-refractivity contribution in [3.8, 4) is 0 Å². The molecule has 19 heavy (non-hydrogen) atoms. The van der Waals surface area contributed by atoms with Crippen molar-refractivity contribution in [3.05, 3.63) is 35.9 Å². The Morgan fingerprint density at radius 3 is 2.84 bits per heavy atom. The highest BCUT2D eigenvalue weighted by molar-refractivity contribution is 5.66. The Kier molecular flexibility index (Phi) is 5.40. The third-order valence-corrected chi connectivity index (χ3v) is 3.96. The number of carboxylic acid groups (broad SMARTS) is 1. The monoisotopic (exact) mass is 261 g/mol. The lowest BCUT2D eigenvalue weighted by Gasteiger charge is -2.23. The normalized spacial score (nSPS) is 19.7. The van der Waals surface area contributed by atoms with Crippen molar-refractivity contribution in [2.75, 3.05) is 13.1 Å². The lowest BCUT2D eigenvalue weighted by Crippen LogP contribution is -2.31. The van der Waals surface area contributed by atoms with Gasteiger partial charge in [-0.1, -0.05) is 30.3 Å². The van der Waals surface area contributed by atoms with Crippen LogP contribution in [-0.4, -0.2) is 35.1 Å². The molecule has 1 aromatic rings. The summed E-state index contributed by atoms with van der Waals surface area (Å²) in [5, 5.41) is 8.76. The van der Waals surface area contributed by atoms with E-state index in [1.54, 1.807) is 0 Å². The molecule has 0 bridgehead atoms. The maximum Gasteiger partial charge on any atom is 0.304 e. The van der Waals surface area contributed by atoms with Gasteiger partial charge in [-0.3, -0.25) is 9.69 Å². The van der Waals surface area contributed by atoms with Gasteiger partial charge in [0.2, 0.25) is 0 Å². The van der Waals surface area contributed by atoms with Crippen molar-refractivity contribution < 1.29 is 9.90 Å². The first-order valence-electron chi connectivity index (χ1n) is 7.25. The standard InChI is InChI=1S/C16H23NO2/c18-16(19)11-13-17-12-5-10-15(17)9-4-8-14-6-2-1-3-7-14/h1-3,6-7,15H,4-5,8-13H2,(H,18,19)/t15-/m1/s1. The quantitative estimate of drug-likeness (QED) is 0.820. The third-order valence-electron chi connectivity index (χ3n) is 3.96. The average molecular weight is 261 g/mol. The van der Waals surface area contributed by atoms with Gasteiger partial charge in [0.25, 0.3) is 0 Å². The molecular formula is C16H23NO2. The van der Waals surface area contributed by atoms with Crippen molar-refractivity contribution in [1.82, 2.24) is 4.90 Å². The maximum atomic E-state index is 10.6. The minimum absolute atomic E-state index is 0.273. The Balaban J connectivity index is 1.71. The molecule has 1 aliphatic rings. The van der Waals surface area contributed by atoms with E-state index in [9.17, 15) is 4.79 Å². The van der Waals surface area contributed by atoms with Crippen molar-refractivity contribution in [1.29, 1.82) is 0 Å². The summed E-state index contributed by atoms with van der Waals surface area (Å²) in [6.45, 7) is 1.79. The van der Waals surface area contributed by atoms with Gasteiger partial charge in [-0.15, -0.1) is 0 Å². The lowest BCUT2D eigenvalue weighted by molar-refractivity contribution is -0.137. The molecule has 1 aromatic carbocycles. The summed E-state index contributed by atoms with van der Waals surface area (Å²) in [6.07, 6.45) is 6.23. The van der Waals surface area contributed by atoms with Crippen molar-refractivity contribution in [3.63, 3.8) is 0 Å². The summed E-state index contributed by atoms with van der Waals surface area (Å²) in [4.78, 5) is 13.0. The molecule has 0 saturated carbocycles. The van der Waals surface area contributed by atoms with E-state index in [4.69, 9.17) is 5.11 Å². The van der Waals surface area contributed by atoms with Gasteiger partial charge in [-0.05, 0) is 44.2 Å². The minimum atomic E-state index is -0.685. The van der Waals surface area contributed by atoms with Gasteiger partial charge in [-0.2, -0.15) is 0 Å². The largest absolute Gasteiger partial charge is 0.481 e. The summed E-state index contributed by atoms with van der Waals surface area (Å²) in [5.41, 5.74) is 1.40. The van der Waals surface area contributed by atoms with Gasteiger partial charge in [-0.25, -0.2) is 0 Å². The number of likely N-dealkylation sites (tertiary alicyclic amines) is 1. The fraction of sp³-hybridized carbons (Fsp3) is 0.562. The van der Waals surface area contributed by atoms with Gasteiger partial charge in [0, 0.05) is 12.6 Å². The molecular weight excluding hydrogens is 238 g/mol. The Labute approximate surface area is 115 Å². The molecule has 0 radical (unpaired) electrons. The molecule has 1 saturated heterocycles. The van der Waals surface area contributed by atoms with Gasteiger partial charge < -0.3 is 5.11 Å². The Morgan fingerprint density at radius 1 is 1.32 bits per heavy atom. The van der Waals surface area contributed by atoms with Crippen LogP contribution in [0.1, 0.15) is 37.7 Å². The second-order valence-electron chi connectivity index (χ2n) is 5.35. The molecule has 1 heterocycles. The summed E-state index contributed by atoms with van der Waals surface area (Å²) < 4.78 is 0. The maximum absolute atomic E-state index is 10.6. The zero-order valence-electron chi connectivity index (χ0n) is 11.4. The molecule has 0 aromatic heterocycles. The van der Waals surface area contributed by atoms with Crippen LogP contribution in [0, 0.1) is 0 Å². The molecule has 0 spiro atoms. The summed E-state index contributed by atoms with van der Waals surface area (Å²) >= 11 is 0. The van der Waals surface area contributed by atoms with Gasteiger partial charge >= 0.3 is 5.97 Å². The number of aliphatic carboxylic acids is 1. The first-order valence-corrected chi connectivity index (χ1v) is 7.25. The van der Waals surface area contributed by atoms with Crippen molar-refractivity contribution in [2.45, 2.75) is 44.6 Å². The molecule has 2 rings (SSSR count). The van der Waals surface area contributed by atoms with E-state index in [0.717, 1.165) is 13.0 Å². The Bertz CT molecular complexity index is 391. The van der Waals surface area contributed by atoms with Crippen LogP contribution in [0.2, 0.25) is 0 Å². The predicted octanol–water partition coefficient (Wildman–Crippen LogP) is 2.95. The molecule has 104 valence electrons. The molecule has 0 aliphatic carbocycles. The molecule has 1 N–H and O–H groups in total. The number of benzene rings is 1. The molecule has 3 nitrogen and oxygen atoms in total. The van der Waals surface area contributed by atoms with E-state index in [2.05, 4.69) is 29.2 Å². The molecule has 1 atom stereocenters. The fourth-order valence-electron chi connectivity index (χ4n) is 2.94. The number of aryl methyl sites for hydroxylation is 1. The van der Waals surface area contributed by atoms with Crippen LogP contribution in [0.4, 0.5) is 0 Å². The van der Waals surface area contributed by atoms with Gasteiger partial charge in [0.1, 0.15) is 0 Å². The number of carbonyl (C=O) groups is 1. The first-order chi connectivity index (χ1) is 9.25. The van der Waals surface area contributed by atoms with E-state index in [-0.39, 0.29) is 6.42 Å². The SMILES string of the molecule is O=C(O)CCN1CCC[C@H]1CCCc1ccccc1. The summed E-state index contributed by atoms with van der Waals surface area (Å²) in [7, 11) is 0. The number of nitrogens with zero attached hydrogens (tertiary/aromatic N) is 1. The van der Waals surface area contributed by atoms with Crippen LogP contribution in [0.5, 0.6) is 0 Å². The Morgan fingerprint density at radius 2 is 2.11 bits per heavy atom. The second kappa shape index (κ2) is 7.29. The molecule has 1 aliphatic heterocycles. The predicted molar refractivity (Wildman–Crippen MR) is 76.2 cm³/mol. The van der Waals surface area contributed by atoms with Crippen LogP contribution in [0.3, 0.4) is 0 Å². The van der Waals surface area contributed by atoms with Crippen LogP contribution in [0.25, 0.3) is 0 Å². The molecule has 0 unspecified atom stereocenters. The Hall–Kier alpha value is -1.35. The zero-order valence-corrected chi connectivity index (χ0v) is 11.4. The van der Waals surface area contributed by atoms with Crippen LogP contribution < -0.4 is 0 Å². The van der Waals surface area contributed by atoms with Crippen molar-refractivity contribution >= 4 is 5.97 Å². The zero-order chi connectivity index (χ0) is 13.5. The van der Waals surface area contributed by atoms with E-state index >= 15 is 0 Å². The smallest absolute Gasteiger partial charge is 0.304 e. The highest BCUT2D eigenvalue weighted by atomic mass is 16.4. The second-order valence-corrected chi connectivity index (χ2v) is 5.35. The number of hydrogen-bond acceptors (Lipinski definition) is 2. The van der Waals surface area contributed by atoms with E-state index in [1.807, 2.05) is 6.07 Å². The minimum Gasteiger partial charge on any atom is -0.481 e. The van der Waals surface area contributed by atoms with Gasteiger partial charge in [0.05, 0.1) is 6.42 Å². The van der Waals surface area contributed by atoms with Gasteiger partial charge in [0.15, 0.2) is 0 Å². The highest BCUT2D eigenvalue weighted by Crippen LogP contribution is 2.22. The van der Waals surface area contributed by atoms with E-state index in [1.165, 1.54) is 31.2 Å². The topological polar surface area (TPSA) is 40.5 Å². The average Bonchev–Trinajstić information content (AvgIpc) is 2.85. The fourth-order valence-corrected chi connectivity index (χ4v) is 2.94.